The summed E-state index contributed by atoms with van der Waals surface area (Å²) in [6.07, 6.45) is 3.60. The van der Waals surface area contributed by atoms with Gasteiger partial charge in [0.1, 0.15) is 0 Å². The third-order valence-corrected chi connectivity index (χ3v) is 7.05. The van der Waals surface area contributed by atoms with Gasteiger partial charge in [-0.2, -0.15) is 0 Å². The van der Waals surface area contributed by atoms with E-state index in [-0.39, 0.29) is 17.9 Å². The maximum Gasteiger partial charge on any atom is 0.223 e. The zero-order valence-corrected chi connectivity index (χ0v) is 19.0. The summed E-state index contributed by atoms with van der Waals surface area (Å²) in [5, 5.41) is 3.91. The van der Waals surface area contributed by atoms with Crippen LogP contribution >= 0.6 is 11.6 Å². The van der Waals surface area contributed by atoms with E-state index in [0.29, 0.717) is 4.90 Å². The molecule has 0 aliphatic carbocycles. The molecule has 1 saturated heterocycles. The van der Waals surface area contributed by atoms with Crippen LogP contribution in [0.5, 0.6) is 0 Å². The molecule has 0 aromatic heterocycles. The number of piperidine rings is 1. The lowest BCUT2D eigenvalue weighted by Crippen LogP contribution is -2.41. The number of likely N-dealkylation sites (tertiary alicyclic amines) is 1. The van der Waals surface area contributed by atoms with E-state index in [1.54, 1.807) is 24.3 Å². The van der Waals surface area contributed by atoms with Crippen molar-refractivity contribution in [3.63, 3.8) is 0 Å². The molecule has 0 radical (unpaired) electrons. The largest absolute Gasteiger partial charge is 0.349 e. The molecule has 30 heavy (non-hydrogen) atoms. The number of amides is 1. The fourth-order valence-corrected chi connectivity index (χ4v) is 4.75. The second kappa shape index (κ2) is 9.94. The zero-order chi connectivity index (χ0) is 21.7. The predicted molar refractivity (Wildman–Crippen MR) is 120 cm³/mol. The minimum Gasteiger partial charge on any atom is -0.349 e. The van der Waals surface area contributed by atoms with Gasteiger partial charge in [0, 0.05) is 23.7 Å². The summed E-state index contributed by atoms with van der Waals surface area (Å²) >= 11 is 6.07. The van der Waals surface area contributed by atoms with Crippen molar-refractivity contribution in [2.24, 2.45) is 5.92 Å². The molecule has 2 aromatic carbocycles. The average Bonchev–Trinajstić information content (AvgIpc) is 2.72. The molecular formula is C23H29ClN2O3S. The second-order valence-electron chi connectivity index (χ2n) is 7.99. The Morgan fingerprint density at radius 3 is 2.40 bits per heavy atom. The van der Waals surface area contributed by atoms with Crippen molar-refractivity contribution < 1.29 is 13.2 Å². The molecule has 1 aliphatic rings. The molecule has 1 aliphatic heterocycles. The fourth-order valence-electron chi connectivity index (χ4n) is 3.90. The van der Waals surface area contributed by atoms with Gasteiger partial charge in [0.05, 0.1) is 10.9 Å². The van der Waals surface area contributed by atoms with E-state index in [1.165, 1.54) is 11.8 Å². The fraction of sp³-hybridized carbons (Fsp3) is 0.435. The van der Waals surface area contributed by atoms with E-state index < -0.39 is 9.84 Å². The quantitative estimate of drug-likeness (QED) is 0.688. The monoisotopic (exact) mass is 448 g/mol. The molecule has 1 atom stereocenters. The van der Waals surface area contributed by atoms with Gasteiger partial charge in [-0.1, -0.05) is 42.8 Å². The van der Waals surface area contributed by atoms with Crippen LogP contribution in [0, 0.1) is 5.92 Å². The minimum atomic E-state index is -3.22. The molecule has 1 N–H and O–H groups in total. The van der Waals surface area contributed by atoms with Crippen LogP contribution in [0.1, 0.15) is 43.4 Å². The Balaban J connectivity index is 1.54. The molecule has 1 heterocycles. The normalized spacial score (nSPS) is 16.9. The Hall–Kier alpha value is -1.89. The first-order chi connectivity index (χ1) is 14.3. The van der Waals surface area contributed by atoms with Gasteiger partial charge in [0.2, 0.25) is 5.91 Å². The van der Waals surface area contributed by atoms with Crippen molar-refractivity contribution in [1.82, 2.24) is 10.2 Å². The van der Waals surface area contributed by atoms with Crippen LogP contribution in [0.15, 0.2) is 53.4 Å². The lowest BCUT2D eigenvalue weighted by Gasteiger charge is -2.32. The summed E-state index contributed by atoms with van der Waals surface area (Å²) in [6, 6.07) is 14.6. The number of nitrogens with zero attached hydrogens (tertiary/aromatic N) is 1. The number of sulfone groups is 1. The second-order valence-corrected chi connectivity index (χ2v) is 10.4. The molecule has 1 unspecified atom stereocenters. The van der Waals surface area contributed by atoms with Gasteiger partial charge in [-0.3, -0.25) is 9.69 Å². The first-order valence-corrected chi connectivity index (χ1v) is 12.6. The van der Waals surface area contributed by atoms with Gasteiger partial charge in [0.15, 0.2) is 9.84 Å². The maximum absolute atomic E-state index is 12.8. The van der Waals surface area contributed by atoms with Crippen molar-refractivity contribution in [3.8, 4) is 0 Å². The highest BCUT2D eigenvalue weighted by atomic mass is 35.5. The topological polar surface area (TPSA) is 66.5 Å². The first kappa shape index (κ1) is 22.8. The number of carbonyl (C=O) groups is 1. The zero-order valence-electron chi connectivity index (χ0n) is 17.5. The van der Waals surface area contributed by atoms with Crippen LogP contribution in [0.2, 0.25) is 5.02 Å². The third-order valence-electron chi connectivity index (χ3n) is 5.69. The van der Waals surface area contributed by atoms with E-state index in [0.717, 1.165) is 49.5 Å². The lowest BCUT2D eigenvalue weighted by atomic mass is 9.94. The maximum atomic E-state index is 12.8. The SMILES string of the molecule is CCC(NC(=O)C1CCN(Cc2cccc(Cl)c2)CC1)c1ccc(S(C)(=O)=O)cc1. The highest BCUT2D eigenvalue weighted by Crippen LogP contribution is 2.24. The summed E-state index contributed by atoms with van der Waals surface area (Å²) in [5.41, 5.74) is 2.12. The van der Waals surface area contributed by atoms with E-state index in [4.69, 9.17) is 11.6 Å². The molecule has 5 nitrogen and oxygen atoms in total. The highest BCUT2D eigenvalue weighted by molar-refractivity contribution is 7.90. The Labute approximate surface area is 184 Å². The molecule has 2 aromatic rings. The van der Waals surface area contributed by atoms with Gasteiger partial charge >= 0.3 is 0 Å². The molecule has 3 rings (SSSR count). The summed E-state index contributed by atoms with van der Waals surface area (Å²) < 4.78 is 23.3. The smallest absolute Gasteiger partial charge is 0.223 e. The Kier molecular flexibility index (Phi) is 7.55. The number of halogens is 1. The van der Waals surface area contributed by atoms with Crippen molar-refractivity contribution in [2.45, 2.75) is 43.7 Å². The molecule has 0 bridgehead atoms. The van der Waals surface area contributed by atoms with Crippen molar-refractivity contribution >= 4 is 27.3 Å². The van der Waals surface area contributed by atoms with Crippen LogP contribution in [0.4, 0.5) is 0 Å². The van der Waals surface area contributed by atoms with Gasteiger partial charge < -0.3 is 5.32 Å². The first-order valence-electron chi connectivity index (χ1n) is 10.3. The number of benzene rings is 2. The van der Waals surface area contributed by atoms with E-state index in [9.17, 15) is 13.2 Å². The number of nitrogens with one attached hydrogen (secondary N) is 1. The minimum absolute atomic E-state index is 0.00459. The molecule has 162 valence electrons. The summed E-state index contributed by atoms with van der Waals surface area (Å²) in [5.74, 6) is 0.0846. The predicted octanol–water partition coefficient (Wildman–Crippen LogP) is 4.22. The van der Waals surface area contributed by atoms with Crippen LogP contribution in [-0.2, 0) is 21.2 Å². The number of rotatable bonds is 7. The van der Waals surface area contributed by atoms with Crippen molar-refractivity contribution in [3.05, 3.63) is 64.7 Å². The lowest BCUT2D eigenvalue weighted by molar-refractivity contribution is -0.127. The van der Waals surface area contributed by atoms with Crippen molar-refractivity contribution in [2.75, 3.05) is 19.3 Å². The van der Waals surface area contributed by atoms with Crippen LogP contribution in [0.25, 0.3) is 0 Å². The van der Waals surface area contributed by atoms with Gasteiger partial charge in [0.25, 0.3) is 0 Å². The molecule has 7 heteroatoms. The van der Waals surface area contributed by atoms with E-state index >= 15 is 0 Å². The molecule has 1 fully saturated rings. The Morgan fingerprint density at radius 1 is 1.17 bits per heavy atom. The standard InChI is InChI=1S/C23H29ClN2O3S/c1-3-22(18-7-9-21(10-8-18)30(2,28)29)25-23(27)19-11-13-26(14-12-19)16-17-5-4-6-20(24)15-17/h4-10,15,19,22H,3,11-14,16H2,1-2H3,(H,25,27). The Morgan fingerprint density at radius 2 is 1.83 bits per heavy atom. The number of hydrogen-bond donors (Lipinski definition) is 1. The highest BCUT2D eigenvalue weighted by Gasteiger charge is 2.26. The van der Waals surface area contributed by atoms with Gasteiger partial charge in [-0.05, 0) is 67.7 Å². The molecule has 1 amide bonds. The van der Waals surface area contributed by atoms with Gasteiger partial charge in [-0.25, -0.2) is 8.42 Å². The van der Waals surface area contributed by atoms with E-state index in [1.807, 2.05) is 25.1 Å². The van der Waals surface area contributed by atoms with Crippen molar-refractivity contribution in [1.29, 1.82) is 0 Å². The number of carbonyl (C=O) groups excluding carboxylic acids is 1. The molecule has 0 saturated carbocycles. The third kappa shape index (κ3) is 6.06. The average molecular weight is 449 g/mol. The summed E-state index contributed by atoms with van der Waals surface area (Å²) in [6.45, 7) is 4.62. The summed E-state index contributed by atoms with van der Waals surface area (Å²) in [4.78, 5) is 15.5. The molecular weight excluding hydrogens is 420 g/mol. The molecule has 0 spiro atoms. The van der Waals surface area contributed by atoms with Gasteiger partial charge in [-0.15, -0.1) is 0 Å². The Bertz CT molecular complexity index is 968. The number of hydrogen-bond acceptors (Lipinski definition) is 4. The van der Waals surface area contributed by atoms with Crippen LogP contribution in [-0.4, -0.2) is 38.6 Å². The van der Waals surface area contributed by atoms with Crippen LogP contribution < -0.4 is 5.32 Å². The van der Waals surface area contributed by atoms with Crippen LogP contribution in [0.3, 0.4) is 0 Å². The summed E-state index contributed by atoms with van der Waals surface area (Å²) in [7, 11) is -3.22. The van der Waals surface area contributed by atoms with E-state index in [2.05, 4.69) is 16.3 Å².